The summed E-state index contributed by atoms with van der Waals surface area (Å²) in [5.41, 5.74) is 0. The molecule has 0 aliphatic rings. The van der Waals surface area contributed by atoms with Crippen molar-refractivity contribution in [1.29, 1.82) is 0 Å². The van der Waals surface area contributed by atoms with Crippen molar-refractivity contribution in [3.63, 3.8) is 0 Å². The minimum absolute atomic E-state index is 0.0764. The Kier molecular flexibility index (Phi) is 67.1. The number of hydrogen-bond donors (Lipinski definition) is 0. The first-order valence-electron chi connectivity index (χ1n) is 35.8. The van der Waals surface area contributed by atoms with E-state index in [9.17, 15) is 14.4 Å². The van der Waals surface area contributed by atoms with Gasteiger partial charge in [0.05, 0.1) is 0 Å². The molecule has 6 nitrogen and oxygen atoms in total. The van der Waals surface area contributed by atoms with Gasteiger partial charge in [-0.1, -0.05) is 338 Å². The van der Waals surface area contributed by atoms with Crippen LogP contribution >= 0.6 is 0 Å². The predicted molar refractivity (Wildman–Crippen MR) is 353 cm³/mol. The molecule has 472 valence electrons. The standard InChI is InChI=1S/C75H136O6/c1-4-7-10-13-16-19-22-25-28-30-32-34-35-36-37-38-39-40-42-43-45-47-50-53-56-59-62-65-68-74(77)80-71-72(70-79-73(76)67-64-61-58-55-52-49-27-24-21-18-15-12-9-6-3)81-75(78)69-66-63-60-57-54-51-48-46-44-41-33-31-29-26-23-20-17-14-11-8-5-2/h8,11,17,20,24,26-27,29,33,41,72H,4-7,9-10,12-16,18-19,21-23,25,28,30-32,34-40,42-71H2,1-3H3/b11-8-,20-17-,27-24-,29-26-,41-33-. The van der Waals surface area contributed by atoms with Crippen LogP contribution in [-0.4, -0.2) is 37.2 Å². The van der Waals surface area contributed by atoms with Crippen LogP contribution in [0, 0.1) is 0 Å². The van der Waals surface area contributed by atoms with Gasteiger partial charge in [0.1, 0.15) is 13.2 Å². The molecular formula is C75H136O6. The van der Waals surface area contributed by atoms with Crippen LogP contribution in [0.4, 0.5) is 0 Å². The molecule has 0 aromatic carbocycles. The topological polar surface area (TPSA) is 78.9 Å². The van der Waals surface area contributed by atoms with Crippen molar-refractivity contribution in [1.82, 2.24) is 0 Å². The number of unbranched alkanes of at least 4 members (excludes halogenated alkanes) is 45. The first-order valence-corrected chi connectivity index (χ1v) is 35.8. The van der Waals surface area contributed by atoms with Gasteiger partial charge in [-0.05, 0) is 83.5 Å². The fraction of sp³-hybridized carbons (Fsp3) is 0.827. The van der Waals surface area contributed by atoms with Gasteiger partial charge in [-0.2, -0.15) is 0 Å². The van der Waals surface area contributed by atoms with E-state index >= 15 is 0 Å². The summed E-state index contributed by atoms with van der Waals surface area (Å²) in [6.07, 6.45) is 89.7. The Labute approximate surface area is 504 Å². The molecule has 6 heteroatoms. The zero-order chi connectivity index (χ0) is 58.5. The van der Waals surface area contributed by atoms with Crippen LogP contribution < -0.4 is 0 Å². The highest BCUT2D eigenvalue weighted by Gasteiger charge is 2.19. The van der Waals surface area contributed by atoms with E-state index in [4.69, 9.17) is 14.2 Å². The number of allylic oxidation sites excluding steroid dienone is 10. The summed E-state index contributed by atoms with van der Waals surface area (Å²) in [6.45, 7) is 6.57. The zero-order valence-corrected chi connectivity index (χ0v) is 54.3. The summed E-state index contributed by atoms with van der Waals surface area (Å²) in [5, 5.41) is 0. The molecule has 0 heterocycles. The van der Waals surface area contributed by atoms with Crippen LogP contribution in [0.25, 0.3) is 0 Å². The fourth-order valence-electron chi connectivity index (χ4n) is 10.7. The van der Waals surface area contributed by atoms with E-state index < -0.39 is 6.10 Å². The highest BCUT2D eigenvalue weighted by molar-refractivity contribution is 5.71. The molecule has 0 spiro atoms. The Balaban J connectivity index is 4.24. The molecule has 81 heavy (non-hydrogen) atoms. The van der Waals surface area contributed by atoms with Gasteiger partial charge < -0.3 is 14.2 Å². The number of hydrogen-bond acceptors (Lipinski definition) is 6. The van der Waals surface area contributed by atoms with Gasteiger partial charge in [0.15, 0.2) is 6.10 Å². The molecule has 0 saturated carbocycles. The Hall–Kier alpha value is -2.89. The van der Waals surface area contributed by atoms with Crippen molar-refractivity contribution >= 4 is 17.9 Å². The molecular weight excluding hydrogens is 997 g/mol. The van der Waals surface area contributed by atoms with Crippen LogP contribution in [0.3, 0.4) is 0 Å². The van der Waals surface area contributed by atoms with Crippen LogP contribution in [0.2, 0.25) is 0 Å². The smallest absolute Gasteiger partial charge is 0.306 e. The first-order chi connectivity index (χ1) is 40.0. The zero-order valence-electron chi connectivity index (χ0n) is 54.3. The Morgan fingerprint density at radius 3 is 0.765 bits per heavy atom. The molecule has 0 radical (unpaired) electrons. The average Bonchev–Trinajstić information content (AvgIpc) is 3.47. The maximum Gasteiger partial charge on any atom is 0.306 e. The number of ether oxygens (including phenoxy) is 3. The molecule has 0 aliphatic carbocycles. The van der Waals surface area contributed by atoms with Gasteiger partial charge in [-0.15, -0.1) is 0 Å². The molecule has 0 aliphatic heterocycles. The molecule has 0 bridgehead atoms. The Bertz CT molecular complexity index is 1440. The minimum Gasteiger partial charge on any atom is -0.462 e. The number of carbonyl (C=O) groups is 3. The number of rotatable bonds is 66. The van der Waals surface area contributed by atoms with E-state index in [1.807, 2.05) is 0 Å². The van der Waals surface area contributed by atoms with Crippen LogP contribution in [-0.2, 0) is 28.6 Å². The van der Waals surface area contributed by atoms with Crippen LogP contribution in [0.15, 0.2) is 60.8 Å². The average molecular weight is 1130 g/mol. The van der Waals surface area contributed by atoms with Gasteiger partial charge in [0.2, 0.25) is 0 Å². The lowest BCUT2D eigenvalue weighted by Crippen LogP contribution is -2.30. The van der Waals surface area contributed by atoms with Gasteiger partial charge in [0.25, 0.3) is 0 Å². The molecule has 0 fully saturated rings. The maximum absolute atomic E-state index is 12.9. The quantitative estimate of drug-likeness (QED) is 0.0261. The first kappa shape index (κ1) is 78.1. The molecule has 1 unspecified atom stereocenters. The second kappa shape index (κ2) is 69.6. The monoisotopic (exact) mass is 1130 g/mol. The lowest BCUT2D eigenvalue weighted by molar-refractivity contribution is -0.167. The van der Waals surface area contributed by atoms with Crippen LogP contribution in [0.1, 0.15) is 380 Å². The fourth-order valence-corrected chi connectivity index (χ4v) is 10.7. The third-order valence-corrected chi connectivity index (χ3v) is 16.0. The highest BCUT2D eigenvalue weighted by Crippen LogP contribution is 2.18. The van der Waals surface area contributed by atoms with Crippen LogP contribution in [0.5, 0.6) is 0 Å². The molecule has 0 rings (SSSR count). The summed E-state index contributed by atoms with van der Waals surface area (Å²) in [7, 11) is 0. The third kappa shape index (κ3) is 67.8. The molecule has 0 amide bonds. The predicted octanol–water partition coefficient (Wildman–Crippen LogP) is 24.7. The molecule has 0 aromatic rings. The number of carbonyl (C=O) groups excluding carboxylic acids is 3. The van der Waals surface area contributed by atoms with E-state index in [2.05, 4.69) is 81.5 Å². The van der Waals surface area contributed by atoms with Crippen molar-refractivity contribution in [2.24, 2.45) is 0 Å². The van der Waals surface area contributed by atoms with E-state index in [0.717, 1.165) is 96.3 Å². The Morgan fingerprint density at radius 1 is 0.259 bits per heavy atom. The summed E-state index contributed by atoms with van der Waals surface area (Å²) in [4.78, 5) is 38.4. The minimum atomic E-state index is -0.782. The lowest BCUT2D eigenvalue weighted by Gasteiger charge is -2.18. The van der Waals surface area contributed by atoms with Crippen molar-refractivity contribution in [3.8, 4) is 0 Å². The van der Waals surface area contributed by atoms with Gasteiger partial charge >= 0.3 is 17.9 Å². The summed E-state index contributed by atoms with van der Waals surface area (Å²) in [6, 6.07) is 0. The second-order valence-electron chi connectivity index (χ2n) is 24.1. The molecule has 0 aromatic heterocycles. The normalized spacial score (nSPS) is 12.4. The van der Waals surface area contributed by atoms with Gasteiger partial charge in [0, 0.05) is 19.3 Å². The van der Waals surface area contributed by atoms with E-state index in [0.29, 0.717) is 19.3 Å². The Morgan fingerprint density at radius 2 is 0.481 bits per heavy atom. The van der Waals surface area contributed by atoms with Crippen molar-refractivity contribution in [2.75, 3.05) is 13.2 Å². The lowest BCUT2D eigenvalue weighted by atomic mass is 10.0. The van der Waals surface area contributed by atoms with Crippen molar-refractivity contribution in [3.05, 3.63) is 60.8 Å². The van der Waals surface area contributed by atoms with E-state index in [-0.39, 0.29) is 31.1 Å². The SMILES string of the molecule is CC/C=C\C/C=C\C/C=C\C/C=C\CCCCCCCCCCC(=O)OC(COC(=O)CCCCCCC/C=C\CCCCCCC)COC(=O)CCCCCCCCCCCCCCCCCCCCCCCCCCCCCC. The van der Waals surface area contributed by atoms with E-state index in [1.165, 1.54) is 244 Å². The van der Waals surface area contributed by atoms with E-state index in [1.54, 1.807) is 0 Å². The van der Waals surface area contributed by atoms with Crippen molar-refractivity contribution in [2.45, 2.75) is 386 Å². The molecule has 0 saturated heterocycles. The molecule has 1 atom stereocenters. The summed E-state index contributed by atoms with van der Waals surface area (Å²) >= 11 is 0. The largest absolute Gasteiger partial charge is 0.462 e. The molecule has 0 N–H and O–H groups in total. The van der Waals surface area contributed by atoms with Crippen molar-refractivity contribution < 1.29 is 28.6 Å². The third-order valence-electron chi connectivity index (χ3n) is 16.0. The summed E-state index contributed by atoms with van der Waals surface area (Å²) in [5.74, 6) is -0.870. The summed E-state index contributed by atoms with van der Waals surface area (Å²) < 4.78 is 17.0. The highest BCUT2D eigenvalue weighted by atomic mass is 16.6. The second-order valence-corrected chi connectivity index (χ2v) is 24.1. The number of esters is 3. The maximum atomic E-state index is 12.9. The van der Waals surface area contributed by atoms with Gasteiger partial charge in [-0.25, -0.2) is 0 Å². The van der Waals surface area contributed by atoms with Gasteiger partial charge in [-0.3, -0.25) is 14.4 Å².